The third-order valence-corrected chi connectivity index (χ3v) is 2.11. The van der Waals surface area contributed by atoms with Crippen molar-refractivity contribution in [2.45, 2.75) is 20.8 Å². The Morgan fingerprint density at radius 3 is 2.75 bits per heavy atom. The van der Waals surface area contributed by atoms with Crippen LogP contribution in [0, 0.1) is 20.8 Å². The van der Waals surface area contributed by atoms with Crippen LogP contribution in [0.3, 0.4) is 0 Å². The molecule has 3 nitrogen and oxygen atoms in total. The van der Waals surface area contributed by atoms with Crippen molar-refractivity contribution in [2.24, 2.45) is 0 Å². The molecule has 2 aromatic rings. The largest absolute Gasteiger partial charge is 0.232 e. The molecule has 0 radical (unpaired) electrons. The lowest BCUT2D eigenvalue weighted by atomic mass is 10.2. The minimum absolute atomic E-state index is 0.965. The lowest BCUT2D eigenvalue weighted by Crippen LogP contribution is -1.94. The lowest BCUT2D eigenvalue weighted by molar-refractivity contribution is 0.915. The van der Waals surface area contributed by atoms with E-state index < -0.39 is 0 Å². The summed E-state index contributed by atoms with van der Waals surface area (Å²) in [6, 6.07) is 0. The van der Waals surface area contributed by atoms with E-state index in [2.05, 4.69) is 17.0 Å². The summed E-state index contributed by atoms with van der Waals surface area (Å²) in [6.45, 7) is 6.09. The van der Waals surface area contributed by atoms with Gasteiger partial charge in [-0.3, -0.25) is 0 Å². The Bertz CT molecular complexity index is 429. The number of imidazole rings is 1. The monoisotopic (exact) mass is 161 g/mol. The van der Waals surface area contributed by atoms with Crippen molar-refractivity contribution >= 4 is 5.65 Å². The maximum Gasteiger partial charge on any atom is 0.156 e. The topological polar surface area (TPSA) is 30.2 Å². The quantitative estimate of drug-likeness (QED) is 0.588. The van der Waals surface area contributed by atoms with E-state index in [1.54, 1.807) is 0 Å². The van der Waals surface area contributed by atoms with E-state index >= 15 is 0 Å². The van der Waals surface area contributed by atoms with Gasteiger partial charge in [0, 0.05) is 0 Å². The van der Waals surface area contributed by atoms with Crippen LogP contribution in [0.25, 0.3) is 5.65 Å². The summed E-state index contributed by atoms with van der Waals surface area (Å²) >= 11 is 0. The summed E-state index contributed by atoms with van der Waals surface area (Å²) in [6.07, 6.45) is 3.80. The molecule has 0 amide bonds. The van der Waals surface area contributed by atoms with Gasteiger partial charge >= 0.3 is 0 Å². The first-order chi connectivity index (χ1) is 5.68. The minimum atomic E-state index is 0.965. The molecule has 12 heavy (non-hydrogen) atoms. The molecule has 0 unspecified atom stereocenters. The molecule has 3 heteroatoms. The van der Waals surface area contributed by atoms with Crippen LogP contribution in [0.2, 0.25) is 0 Å². The Morgan fingerprint density at radius 2 is 2.00 bits per heavy atom. The first-order valence-corrected chi connectivity index (χ1v) is 3.96. The molecular weight excluding hydrogens is 150 g/mol. The molecule has 0 spiro atoms. The maximum atomic E-state index is 4.37. The van der Waals surface area contributed by atoms with Crippen molar-refractivity contribution in [3.05, 3.63) is 29.2 Å². The van der Waals surface area contributed by atoms with Gasteiger partial charge in [0.05, 0.1) is 18.1 Å². The fraction of sp³-hybridized carbons (Fsp3) is 0.333. The first-order valence-electron chi connectivity index (χ1n) is 3.96. The molecule has 0 fully saturated rings. The second-order valence-electron chi connectivity index (χ2n) is 3.10. The second kappa shape index (κ2) is 2.30. The van der Waals surface area contributed by atoms with Crippen LogP contribution in [0.15, 0.2) is 12.4 Å². The van der Waals surface area contributed by atoms with Crippen LogP contribution in [0.5, 0.6) is 0 Å². The van der Waals surface area contributed by atoms with Gasteiger partial charge in [0.25, 0.3) is 0 Å². The van der Waals surface area contributed by atoms with Crippen molar-refractivity contribution < 1.29 is 0 Å². The normalized spacial score (nSPS) is 10.9. The van der Waals surface area contributed by atoms with Crippen molar-refractivity contribution in [2.75, 3.05) is 0 Å². The van der Waals surface area contributed by atoms with E-state index in [0.29, 0.717) is 0 Å². The number of rotatable bonds is 0. The predicted octanol–water partition coefficient (Wildman–Crippen LogP) is 1.65. The number of aromatic nitrogens is 3. The molecule has 0 aliphatic rings. The molecule has 2 rings (SSSR count). The highest BCUT2D eigenvalue weighted by Crippen LogP contribution is 2.11. The number of aryl methyl sites for hydroxylation is 3. The zero-order valence-corrected chi connectivity index (χ0v) is 7.50. The molecular formula is C9H11N3. The smallest absolute Gasteiger partial charge is 0.156 e. The summed E-state index contributed by atoms with van der Waals surface area (Å²) in [5.74, 6) is 0. The average Bonchev–Trinajstić information content (AvgIpc) is 2.39. The Balaban J connectivity index is 2.89. The third kappa shape index (κ3) is 0.897. The average molecular weight is 161 g/mol. The van der Waals surface area contributed by atoms with E-state index in [9.17, 15) is 0 Å². The predicted molar refractivity (Wildman–Crippen MR) is 47.2 cm³/mol. The summed E-state index contributed by atoms with van der Waals surface area (Å²) in [7, 11) is 0. The highest BCUT2D eigenvalue weighted by Gasteiger charge is 2.03. The molecule has 0 N–H and O–H groups in total. The Kier molecular flexibility index (Phi) is 1.40. The van der Waals surface area contributed by atoms with Crippen LogP contribution in [-0.2, 0) is 0 Å². The van der Waals surface area contributed by atoms with Gasteiger partial charge in [-0.25, -0.2) is 9.50 Å². The minimum Gasteiger partial charge on any atom is -0.232 e. The lowest BCUT2D eigenvalue weighted by Gasteiger charge is -1.99. The molecule has 2 heterocycles. The zero-order valence-electron chi connectivity index (χ0n) is 7.50. The molecule has 0 aromatic carbocycles. The third-order valence-electron chi connectivity index (χ3n) is 2.11. The fourth-order valence-electron chi connectivity index (χ4n) is 1.25. The van der Waals surface area contributed by atoms with Crippen molar-refractivity contribution in [3.8, 4) is 0 Å². The Labute approximate surface area is 71.1 Å². The highest BCUT2D eigenvalue weighted by molar-refractivity contribution is 5.49. The number of hydrogen-bond acceptors (Lipinski definition) is 2. The molecule has 2 aromatic heterocycles. The van der Waals surface area contributed by atoms with Crippen LogP contribution in [0.4, 0.5) is 0 Å². The van der Waals surface area contributed by atoms with Gasteiger partial charge in [-0.15, -0.1) is 0 Å². The Morgan fingerprint density at radius 1 is 1.25 bits per heavy atom. The van der Waals surface area contributed by atoms with Gasteiger partial charge in [-0.2, -0.15) is 5.10 Å². The standard InChI is InChI=1S/C9H11N3/c1-6-4-10-12-5-7(2)11-9(12)8(6)3/h4-5H,1-3H3. The van der Waals surface area contributed by atoms with Gasteiger partial charge in [0.2, 0.25) is 0 Å². The zero-order chi connectivity index (χ0) is 8.72. The number of nitrogens with zero attached hydrogens (tertiary/aromatic N) is 3. The fourth-order valence-corrected chi connectivity index (χ4v) is 1.25. The molecule has 0 aliphatic carbocycles. The first kappa shape index (κ1) is 7.28. The van der Waals surface area contributed by atoms with Gasteiger partial charge in [0.15, 0.2) is 5.65 Å². The number of hydrogen-bond donors (Lipinski definition) is 0. The van der Waals surface area contributed by atoms with E-state index in [1.807, 2.05) is 30.8 Å². The molecule has 0 saturated heterocycles. The van der Waals surface area contributed by atoms with Crippen LogP contribution in [0.1, 0.15) is 16.8 Å². The van der Waals surface area contributed by atoms with E-state index in [4.69, 9.17) is 0 Å². The van der Waals surface area contributed by atoms with Crippen LogP contribution >= 0.6 is 0 Å². The summed E-state index contributed by atoms with van der Waals surface area (Å²) in [5, 5.41) is 4.22. The summed E-state index contributed by atoms with van der Waals surface area (Å²) < 4.78 is 1.82. The van der Waals surface area contributed by atoms with Crippen LogP contribution < -0.4 is 0 Å². The van der Waals surface area contributed by atoms with E-state index in [0.717, 1.165) is 11.3 Å². The second-order valence-corrected chi connectivity index (χ2v) is 3.10. The molecule has 62 valence electrons. The van der Waals surface area contributed by atoms with Crippen molar-refractivity contribution in [1.29, 1.82) is 0 Å². The van der Waals surface area contributed by atoms with E-state index in [1.165, 1.54) is 11.1 Å². The highest BCUT2D eigenvalue weighted by atomic mass is 15.2. The van der Waals surface area contributed by atoms with E-state index in [-0.39, 0.29) is 0 Å². The molecule has 0 aliphatic heterocycles. The summed E-state index contributed by atoms with van der Waals surface area (Å²) in [4.78, 5) is 4.37. The van der Waals surface area contributed by atoms with Crippen molar-refractivity contribution in [3.63, 3.8) is 0 Å². The molecule has 0 atom stereocenters. The Hall–Kier alpha value is -1.38. The van der Waals surface area contributed by atoms with Gasteiger partial charge < -0.3 is 0 Å². The summed E-state index contributed by atoms with van der Waals surface area (Å²) in [5.41, 5.74) is 4.37. The van der Waals surface area contributed by atoms with Gasteiger partial charge in [-0.05, 0) is 31.9 Å². The van der Waals surface area contributed by atoms with Crippen molar-refractivity contribution in [1.82, 2.24) is 14.6 Å². The molecule has 0 bridgehead atoms. The van der Waals surface area contributed by atoms with Gasteiger partial charge in [-0.1, -0.05) is 0 Å². The SMILES string of the molecule is Cc1cn2ncc(C)c(C)c2n1. The number of fused-ring (bicyclic) bond motifs is 1. The van der Waals surface area contributed by atoms with Gasteiger partial charge in [0.1, 0.15) is 0 Å². The van der Waals surface area contributed by atoms with Crippen LogP contribution in [-0.4, -0.2) is 14.6 Å². The maximum absolute atomic E-state index is 4.37. The molecule has 0 saturated carbocycles.